The molecule has 0 radical (unpaired) electrons. The molecule has 2 aliphatic rings. The number of hydrogen-bond donors (Lipinski definition) is 1. The van der Waals surface area contributed by atoms with Gasteiger partial charge in [-0.15, -0.1) is 0 Å². The standard InChI is InChI=1S/C51H49ClO5/c52-47-28-27-46(30-44(47)29-37-21-23-42(24-22-37)43-25-26-43)51(53)31-45(36-54-32-38-13-5-1-6-14-38)48(55-33-39-15-7-2-8-16-39)49(56-34-40-17-9-3-10-18-40)50(51)57-35-41-19-11-4-12-20-41/h1-24,27-28,30-31,43,48-50,53H,25-26,29,32-36H2/t48-,49+,50-,51-/m1/s1/i29D2. The molecule has 2 aliphatic carbocycles. The van der Waals surface area contributed by atoms with Crippen LogP contribution in [0.5, 0.6) is 0 Å². The lowest BCUT2D eigenvalue weighted by molar-refractivity contribution is -0.204. The average Bonchev–Trinajstić information content (AvgIpc) is 4.13. The van der Waals surface area contributed by atoms with Gasteiger partial charge in [-0.25, -0.2) is 0 Å². The van der Waals surface area contributed by atoms with E-state index in [1.807, 2.05) is 146 Å². The molecule has 6 aromatic carbocycles. The minimum absolute atomic E-state index is 0.127. The zero-order valence-corrected chi connectivity index (χ0v) is 32.6. The second kappa shape index (κ2) is 18.6. The Hall–Kier alpha value is -4.85. The van der Waals surface area contributed by atoms with Crippen molar-refractivity contribution in [1.82, 2.24) is 0 Å². The van der Waals surface area contributed by atoms with Crippen LogP contribution in [-0.2, 0) is 57.3 Å². The third-order valence-electron chi connectivity index (χ3n) is 10.7. The molecule has 0 aromatic heterocycles. The van der Waals surface area contributed by atoms with Gasteiger partial charge in [0.1, 0.15) is 23.9 Å². The smallest absolute Gasteiger partial charge is 0.137 e. The Labute approximate surface area is 344 Å². The maximum absolute atomic E-state index is 13.4. The van der Waals surface area contributed by atoms with Crippen LogP contribution in [0.3, 0.4) is 0 Å². The van der Waals surface area contributed by atoms with Crippen LogP contribution in [0.1, 0.15) is 66.0 Å². The normalized spacial score (nSPS) is 21.4. The fraction of sp³-hybridized carbons (Fsp3) is 0.255. The molecule has 6 aromatic rings. The predicted octanol–water partition coefficient (Wildman–Crippen LogP) is 10.9. The van der Waals surface area contributed by atoms with Crippen LogP contribution in [-0.4, -0.2) is 30.0 Å². The van der Waals surface area contributed by atoms with Gasteiger partial charge in [0.15, 0.2) is 0 Å². The number of aliphatic hydroxyl groups is 1. The molecule has 0 aliphatic heterocycles. The van der Waals surface area contributed by atoms with E-state index in [9.17, 15) is 7.85 Å². The topological polar surface area (TPSA) is 57.2 Å². The van der Waals surface area contributed by atoms with Crippen LogP contribution in [0, 0.1) is 0 Å². The molecule has 0 saturated heterocycles. The number of benzene rings is 6. The second-order valence-corrected chi connectivity index (χ2v) is 15.3. The summed E-state index contributed by atoms with van der Waals surface area (Å²) < 4.78 is 45.9. The van der Waals surface area contributed by atoms with E-state index in [1.54, 1.807) is 24.3 Å². The van der Waals surface area contributed by atoms with E-state index >= 15 is 0 Å². The molecular formula is C51H49ClO5. The molecule has 57 heavy (non-hydrogen) atoms. The fourth-order valence-electron chi connectivity index (χ4n) is 7.47. The molecule has 6 heteroatoms. The van der Waals surface area contributed by atoms with Crippen molar-refractivity contribution in [3.05, 3.63) is 225 Å². The van der Waals surface area contributed by atoms with Crippen LogP contribution in [0.25, 0.3) is 0 Å². The van der Waals surface area contributed by atoms with Crippen molar-refractivity contribution in [2.24, 2.45) is 0 Å². The third kappa shape index (κ3) is 10.0. The van der Waals surface area contributed by atoms with Gasteiger partial charge in [-0.2, -0.15) is 0 Å². The van der Waals surface area contributed by atoms with Gasteiger partial charge in [-0.05, 0) is 87.4 Å². The maximum atomic E-state index is 13.4. The second-order valence-electron chi connectivity index (χ2n) is 14.9. The van der Waals surface area contributed by atoms with Gasteiger partial charge in [0.25, 0.3) is 0 Å². The number of rotatable bonds is 17. The van der Waals surface area contributed by atoms with Gasteiger partial charge >= 0.3 is 0 Å². The zero-order valence-electron chi connectivity index (χ0n) is 33.9. The summed E-state index contributed by atoms with van der Waals surface area (Å²) in [7, 11) is 0. The SMILES string of the molecule is [2H]C([2H])(c1ccc(C2CC2)cc1)c1cc([C@]2(O)C=C(COCc3ccccc3)[C@@H](OCc3ccccc3)[C@H](OCc3ccccc3)[C@H]2OCc2ccccc2)ccc1Cl. The molecule has 5 nitrogen and oxygen atoms in total. The maximum Gasteiger partial charge on any atom is 0.137 e. The van der Waals surface area contributed by atoms with E-state index in [0.717, 1.165) is 35.1 Å². The molecule has 0 spiro atoms. The molecule has 0 heterocycles. The van der Waals surface area contributed by atoms with Crippen LogP contribution >= 0.6 is 11.6 Å². The molecule has 0 unspecified atom stereocenters. The quantitative estimate of drug-likeness (QED) is 0.0935. The molecular weight excluding hydrogens is 728 g/mol. The highest BCUT2D eigenvalue weighted by atomic mass is 35.5. The Morgan fingerprint density at radius 1 is 0.579 bits per heavy atom. The highest BCUT2D eigenvalue weighted by Gasteiger charge is 2.52. The van der Waals surface area contributed by atoms with E-state index in [1.165, 1.54) is 5.56 Å². The minimum Gasteiger partial charge on any atom is -0.378 e. The Bertz CT molecular complexity index is 2290. The Kier molecular flexibility index (Phi) is 11.9. The molecule has 290 valence electrons. The summed E-state index contributed by atoms with van der Waals surface area (Å²) in [5.41, 5.74) is 5.04. The van der Waals surface area contributed by atoms with Crippen molar-refractivity contribution < 1.29 is 26.8 Å². The molecule has 1 N–H and O–H groups in total. The van der Waals surface area contributed by atoms with Gasteiger partial charge in [-0.1, -0.05) is 169 Å². The van der Waals surface area contributed by atoms with Crippen molar-refractivity contribution in [2.75, 3.05) is 6.61 Å². The lowest BCUT2D eigenvalue weighted by Crippen LogP contribution is -2.57. The van der Waals surface area contributed by atoms with Gasteiger partial charge in [0.2, 0.25) is 0 Å². The molecule has 1 fully saturated rings. The number of halogens is 1. The molecule has 0 amide bonds. The molecule has 8 rings (SSSR count). The zero-order chi connectivity index (χ0) is 40.7. The summed E-state index contributed by atoms with van der Waals surface area (Å²) in [5.74, 6) is 0.547. The molecule has 0 bridgehead atoms. The monoisotopic (exact) mass is 778 g/mol. The summed E-state index contributed by atoms with van der Waals surface area (Å²) >= 11 is 6.88. The van der Waals surface area contributed by atoms with E-state index in [4.69, 9.17) is 30.5 Å². The Morgan fingerprint density at radius 3 is 1.67 bits per heavy atom. The Balaban J connectivity index is 1.23. The Morgan fingerprint density at radius 2 is 1.11 bits per heavy atom. The third-order valence-corrected chi connectivity index (χ3v) is 11.0. The first-order valence-corrected chi connectivity index (χ1v) is 20.1. The summed E-state index contributed by atoms with van der Waals surface area (Å²) in [4.78, 5) is 0. The largest absolute Gasteiger partial charge is 0.378 e. The van der Waals surface area contributed by atoms with E-state index in [0.29, 0.717) is 29.2 Å². The first-order valence-electron chi connectivity index (χ1n) is 20.7. The van der Waals surface area contributed by atoms with Crippen molar-refractivity contribution in [2.45, 2.75) is 75.5 Å². The lowest BCUT2D eigenvalue weighted by atomic mass is 9.75. The van der Waals surface area contributed by atoms with Gasteiger partial charge in [-0.3, -0.25) is 0 Å². The summed E-state index contributed by atoms with van der Waals surface area (Å²) in [6.07, 6.45) is -0.448. The van der Waals surface area contributed by atoms with Crippen LogP contribution in [0.2, 0.25) is 5.02 Å². The summed E-state index contributed by atoms with van der Waals surface area (Å²) in [5, 5.41) is 13.7. The number of ether oxygens (including phenoxy) is 4. The minimum atomic E-state index is -1.98. The van der Waals surface area contributed by atoms with E-state index in [2.05, 4.69) is 0 Å². The van der Waals surface area contributed by atoms with Gasteiger partial charge < -0.3 is 24.1 Å². The van der Waals surface area contributed by atoms with Crippen LogP contribution in [0.4, 0.5) is 0 Å². The van der Waals surface area contributed by atoms with Crippen LogP contribution in [0.15, 0.2) is 175 Å². The van der Waals surface area contributed by atoms with E-state index in [-0.39, 0.29) is 37.0 Å². The summed E-state index contributed by atoms with van der Waals surface area (Å²) in [6.45, 7) is 1.15. The van der Waals surface area contributed by atoms with Crippen molar-refractivity contribution in [1.29, 1.82) is 0 Å². The number of hydrogen-bond acceptors (Lipinski definition) is 5. The average molecular weight is 779 g/mol. The van der Waals surface area contributed by atoms with Crippen molar-refractivity contribution >= 4 is 11.6 Å². The van der Waals surface area contributed by atoms with Crippen LogP contribution < -0.4 is 0 Å². The first-order chi connectivity index (χ1) is 28.8. The fourth-order valence-corrected chi connectivity index (χ4v) is 7.63. The summed E-state index contributed by atoms with van der Waals surface area (Å²) in [6, 6.07) is 52.4. The predicted molar refractivity (Wildman–Crippen MR) is 226 cm³/mol. The van der Waals surface area contributed by atoms with Crippen molar-refractivity contribution in [3.63, 3.8) is 0 Å². The lowest BCUT2D eigenvalue weighted by Gasteiger charge is -2.46. The highest BCUT2D eigenvalue weighted by Crippen LogP contribution is 2.43. The van der Waals surface area contributed by atoms with Gasteiger partial charge in [0, 0.05) is 7.76 Å². The molecule has 4 atom stereocenters. The molecule has 1 saturated carbocycles. The van der Waals surface area contributed by atoms with E-state index < -0.39 is 30.3 Å². The van der Waals surface area contributed by atoms with Gasteiger partial charge in [0.05, 0.1) is 33.0 Å². The first kappa shape index (κ1) is 36.5. The van der Waals surface area contributed by atoms with Crippen molar-refractivity contribution in [3.8, 4) is 0 Å². The highest BCUT2D eigenvalue weighted by molar-refractivity contribution is 6.31.